The lowest BCUT2D eigenvalue weighted by atomic mass is 10.1. The second-order valence-electron chi connectivity index (χ2n) is 4.38. The summed E-state index contributed by atoms with van der Waals surface area (Å²) in [5.41, 5.74) is -0.559. The maximum Gasteiger partial charge on any atom is 0.254 e. The maximum atomic E-state index is 13.8. The fraction of sp³-hybridized carbons (Fsp3) is 0.500. The lowest BCUT2D eigenvalue weighted by Crippen LogP contribution is -2.26. The lowest BCUT2D eigenvalue weighted by Gasteiger charge is -2.10. The fourth-order valence-corrected chi connectivity index (χ4v) is 1.77. The fourth-order valence-electron chi connectivity index (χ4n) is 1.77. The lowest BCUT2D eigenvalue weighted by molar-refractivity contribution is 0.0947. The zero-order valence-corrected chi connectivity index (χ0v) is 11.6. The van der Waals surface area contributed by atoms with E-state index in [2.05, 4.69) is 17.0 Å². The van der Waals surface area contributed by atoms with Gasteiger partial charge in [0.25, 0.3) is 5.91 Å². The van der Waals surface area contributed by atoms with Crippen molar-refractivity contribution in [1.82, 2.24) is 5.32 Å². The van der Waals surface area contributed by atoms with E-state index in [4.69, 9.17) is 0 Å². The number of ether oxygens (including phenoxy) is 1. The van der Waals surface area contributed by atoms with Gasteiger partial charge in [-0.15, -0.1) is 0 Å². The Kier molecular flexibility index (Phi) is 6.35. The van der Waals surface area contributed by atoms with Gasteiger partial charge in [0.15, 0.2) is 17.4 Å². The number of rotatable bonds is 7. The molecule has 0 heterocycles. The third-order valence-corrected chi connectivity index (χ3v) is 2.88. The van der Waals surface area contributed by atoms with Gasteiger partial charge < -0.3 is 10.1 Å². The van der Waals surface area contributed by atoms with Crippen molar-refractivity contribution < 1.29 is 22.7 Å². The van der Waals surface area contributed by atoms with Crippen LogP contribution in [0.15, 0.2) is 6.07 Å². The first kappa shape index (κ1) is 16.3. The Hall–Kier alpha value is -1.72. The smallest absolute Gasteiger partial charge is 0.254 e. The van der Waals surface area contributed by atoms with Crippen LogP contribution < -0.4 is 10.1 Å². The molecule has 0 fully saturated rings. The zero-order chi connectivity index (χ0) is 15.1. The Bertz CT molecular complexity index is 478. The molecule has 3 nitrogen and oxygen atoms in total. The number of unbranched alkanes of at least 4 members (excludes halogenated alkanes) is 3. The number of benzene rings is 1. The highest BCUT2D eigenvalue weighted by Crippen LogP contribution is 2.26. The van der Waals surface area contributed by atoms with Gasteiger partial charge in [-0.1, -0.05) is 26.2 Å². The van der Waals surface area contributed by atoms with Crippen LogP contribution in [0.4, 0.5) is 13.2 Å². The maximum absolute atomic E-state index is 13.8. The average Bonchev–Trinajstić information content (AvgIpc) is 2.43. The minimum Gasteiger partial charge on any atom is -0.491 e. The predicted molar refractivity (Wildman–Crippen MR) is 69.3 cm³/mol. The van der Waals surface area contributed by atoms with Crippen LogP contribution in [0.3, 0.4) is 0 Å². The van der Waals surface area contributed by atoms with Gasteiger partial charge >= 0.3 is 0 Å². The van der Waals surface area contributed by atoms with Crippen molar-refractivity contribution in [1.29, 1.82) is 0 Å². The summed E-state index contributed by atoms with van der Waals surface area (Å²) in [4.78, 5) is 11.7. The number of hydrogen-bond acceptors (Lipinski definition) is 2. The summed E-state index contributed by atoms with van der Waals surface area (Å²) in [5.74, 6) is -5.63. The number of hydrogen-bond donors (Lipinski definition) is 1. The molecule has 0 saturated carbocycles. The molecule has 1 aromatic carbocycles. The molecule has 1 rings (SSSR count). The third-order valence-electron chi connectivity index (χ3n) is 2.88. The minimum absolute atomic E-state index is 0.361. The second-order valence-corrected chi connectivity index (χ2v) is 4.38. The van der Waals surface area contributed by atoms with Crippen LogP contribution in [0.1, 0.15) is 43.0 Å². The van der Waals surface area contributed by atoms with E-state index < -0.39 is 34.7 Å². The highest BCUT2D eigenvalue weighted by atomic mass is 19.2. The van der Waals surface area contributed by atoms with Crippen LogP contribution in [0.5, 0.6) is 5.75 Å². The molecule has 0 atom stereocenters. The van der Waals surface area contributed by atoms with Gasteiger partial charge in [-0.3, -0.25) is 4.79 Å². The van der Waals surface area contributed by atoms with Gasteiger partial charge in [0.1, 0.15) is 0 Å². The molecule has 0 radical (unpaired) electrons. The quantitative estimate of drug-likeness (QED) is 0.617. The molecule has 0 unspecified atom stereocenters. The van der Waals surface area contributed by atoms with Crippen LogP contribution >= 0.6 is 0 Å². The van der Waals surface area contributed by atoms with Gasteiger partial charge in [0.2, 0.25) is 5.82 Å². The van der Waals surface area contributed by atoms with Crippen molar-refractivity contribution in [3.05, 3.63) is 29.1 Å². The van der Waals surface area contributed by atoms with Gasteiger partial charge in [0.05, 0.1) is 12.7 Å². The summed E-state index contributed by atoms with van der Waals surface area (Å²) in [6.07, 6.45) is 3.80. The second kappa shape index (κ2) is 7.77. The molecule has 0 bridgehead atoms. The molecule has 112 valence electrons. The summed E-state index contributed by atoms with van der Waals surface area (Å²) in [6.45, 7) is 2.42. The Morgan fingerprint density at radius 1 is 1.20 bits per heavy atom. The molecule has 0 aliphatic heterocycles. The van der Waals surface area contributed by atoms with Gasteiger partial charge in [-0.25, -0.2) is 8.78 Å². The van der Waals surface area contributed by atoms with Gasteiger partial charge in [-0.05, 0) is 12.5 Å². The van der Waals surface area contributed by atoms with Crippen molar-refractivity contribution in [2.75, 3.05) is 13.7 Å². The van der Waals surface area contributed by atoms with E-state index in [1.54, 1.807) is 0 Å². The molecular formula is C14H18F3NO2. The third kappa shape index (κ3) is 3.88. The van der Waals surface area contributed by atoms with Crippen LogP contribution in [-0.4, -0.2) is 19.6 Å². The standard InChI is InChI=1S/C14H18F3NO2/c1-3-4-5-6-7-18-14(19)9-8-10(15)12(17)13(20-2)11(9)16/h8H,3-7H2,1-2H3,(H,18,19). The molecule has 0 aromatic heterocycles. The summed E-state index contributed by atoms with van der Waals surface area (Å²) in [7, 11) is 1.01. The van der Waals surface area contributed by atoms with Crippen molar-refractivity contribution in [3.8, 4) is 5.75 Å². The first-order valence-corrected chi connectivity index (χ1v) is 6.52. The van der Waals surface area contributed by atoms with E-state index in [0.717, 1.165) is 32.8 Å². The SMILES string of the molecule is CCCCCCNC(=O)c1cc(F)c(F)c(OC)c1F. The van der Waals surface area contributed by atoms with Crippen LogP contribution in [0.2, 0.25) is 0 Å². The first-order valence-electron chi connectivity index (χ1n) is 6.52. The van der Waals surface area contributed by atoms with E-state index in [-0.39, 0.29) is 0 Å². The summed E-state index contributed by atoms with van der Waals surface area (Å²) >= 11 is 0. The van der Waals surface area contributed by atoms with Crippen LogP contribution in [0.25, 0.3) is 0 Å². The highest BCUT2D eigenvalue weighted by Gasteiger charge is 2.23. The van der Waals surface area contributed by atoms with E-state index in [1.165, 1.54) is 0 Å². The minimum atomic E-state index is -1.44. The van der Waals surface area contributed by atoms with Crippen LogP contribution in [0, 0.1) is 17.5 Å². The zero-order valence-electron chi connectivity index (χ0n) is 11.6. The van der Waals surface area contributed by atoms with Crippen molar-refractivity contribution in [3.63, 3.8) is 0 Å². The topological polar surface area (TPSA) is 38.3 Å². The summed E-state index contributed by atoms with van der Waals surface area (Å²) in [6, 6.07) is 0.536. The van der Waals surface area contributed by atoms with E-state index in [9.17, 15) is 18.0 Å². The first-order chi connectivity index (χ1) is 9.52. The Balaban J connectivity index is 2.76. The Morgan fingerprint density at radius 3 is 2.50 bits per heavy atom. The average molecular weight is 289 g/mol. The summed E-state index contributed by atoms with van der Waals surface area (Å²) in [5, 5.41) is 2.47. The molecule has 0 aliphatic rings. The van der Waals surface area contributed by atoms with Gasteiger partial charge in [-0.2, -0.15) is 4.39 Å². The molecule has 0 saturated heterocycles. The molecular weight excluding hydrogens is 271 g/mol. The normalized spacial score (nSPS) is 10.4. The molecule has 0 aliphatic carbocycles. The van der Waals surface area contributed by atoms with E-state index in [0.29, 0.717) is 12.6 Å². The van der Waals surface area contributed by atoms with E-state index >= 15 is 0 Å². The van der Waals surface area contributed by atoms with E-state index in [1.807, 2.05) is 0 Å². The molecule has 6 heteroatoms. The van der Waals surface area contributed by atoms with Gasteiger partial charge in [0, 0.05) is 6.54 Å². The van der Waals surface area contributed by atoms with Crippen molar-refractivity contribution in [2.24, 2.45) is 0 Å². The summed E-state index contributed by atoms with van der Waals surface area (Å²) < 4.78 is 44.7. The molecule has 0 spiro atoms. The number of halogens is 3. The number of carbonyl (C=O) groups excluding carboxylic acids is 1. The predicted octanol–water partition coefficient (Wildman–Crippen LogP) is 3.42. The monoisotopic (exact) mass is 289 g/mol. The molecule has 1 amide bonds. The molecule has 1 aromatic rings. The number of carbonyl (C=O) groups is 1. The van der Waals surface area contributed by atoms with Crippen molar-refractivity contribution >= 4 is 5.91 Å². The molecule has 1 N–H and O–H groups in total. The Labute approximate surface area is 116 Å². The van der Waals surface area contributed by atoms with Crippen molar-refractivity contribution in [2.45, 2.75) is 32.6 Å². The molecule has 20 heavy (non-hydrogen) atoms. The number of nitrogens with one attached hydrogen (secondary N) is 1. The largest absolute Gasteiger partial charge is 0.491 e. The number of methoxy groups -OCH3 is 1. The highest BCUT2D eigenvalue weighted by molar-refractivity contribution is 5.95. The number of amides is 1. The van der Waals surface area contributed by atoms with Crippen LogP contribution in [-0.2, 0) is 0 Å². The Morgan fingerprint density at radius 2 is 1.90 bits per heavy atom.